The maximum absolute atomic E-state index is 12.3. The maximum atomic E-state index is 12.3. The molecule has 0 heterocycles. The van der Waals surface area contributed by atoms with Crippen LogP contribution in [0, 0.1) is 0 Å². The molecule has 0 aromatic heterocycles. The van der Waals surface area contributed by atoms with Crippen LogP contribution < -0.4 is 0 Å². The SMILES string of the molecule is CCN(C(=O)CN(C)CCC(C)O)C1=CCCCC1. The van der Waals surface area contributed by atoms with E-state index in [1.54, 1.807) is 6.92 Å². The summed E-state index contributed by atoms with van der Waals surface area (Å²) in [6, 6.07) is 0. The lowest BCUT2D eigenvalue weighted by atomic mass is 10.0. The molecule has 0 saturated heterocycles. The molecule has 4 nitrogen and oxygen atoms in total. The third kappa shape index (κ3) is 5.74. The number of amides is 1. The molecule has 0 radical (unpaired) electrons. The molecular formula is C15H28N2O2. The Balaban J connectivity index is 2.47. The van der Waals surface area contributed by atoms with Gasteiger partial charge in [-0.05, 0) is 53.0 Å². The average molecular weight is 268 g/mol. The highest BCUT2D eigenvalue weighted by atomic mass is 16.3. The molecule has 1 unspecified atom stereocenters. The summed E-state index contributed by atoms with van der Waals surface area (Å²) >= 11 is 0. The first-order chi connectivity index (χ1) is 9.04. The summed E-state index contributed by atoms with van der Waals surface area (Å²) in [6.07, 6.45) is 7.16. The van der Waals surface area contributed by atoms with Crippen LogP contribution in [0.15, 0.2) is 11.8 Å². The van der Waals surface area contributed by atoms with Crippen molar-refractivity contribution in [2.45, 2.75) is 52.1 Å². The Morgan fingerprint density at radius 2 is 2.21 bits per heavy atom. The van der Waals surface area contributed by atoms with Crippen LogP contribution >= 0.6 is 0 Å². The largest absolute Gasteiger partial charge is 0.393 e. The van der Waals surface area contributed by atoms with Gasteiger partial charge in [0.25, 0.3) is 0 Å². The minimum absolute atomic E-state index is 0.170. The Kier molecular flexibility index (Phi) is 7.10. The van der Waals surface area contributed by atoms with Crippen molar-refractivity contribution in [1.29, 1.82) is 0 Å². The molecule has 1 atom stereocenters. The molecule has 0 bridgehead atoms. The molecule has 0 fully saturated rings. The van der Waals surface area contributed by atoms with Crippen molar-refractivity contribution >= 4 is 5.91 Å². The van der Waals surface area contributed by atoms with Gasteiger partial charge >= 0.3 is 0 Å². The van der Waals surface area contributed by atoms with E-state index in [-0.39, 0.29) is 12.0 Å². The Morgan fingerprint density at radius 3 is 2.74 bits per heavy atom. The van der Waals surface area contributed by atoms with Crippen LogP contribution in [0.4, 0.5) is 0 Å². The van der Waals surface area contributed by atoms with Gasteiger partial charge in [-0.2, -0.15) is 0 Å². The third-order valence-electron chi connectivity index (χ3n) is 3.56. The van der Waals surface area contributed by atoms with Gasteiger partial charge in [0.2, 0.25) is 5.91 Å². The van der Waals surface area contributed by atoms with Gasteiger partial charge in [-0.15, -0.1) is 0 Å². The van der Waals surface area contributed by atoms with Crippen molar-refractivity contribution in [3.63, 3.8) is 0 Å². The van der Waals surface area contributed by atoms with Crippen molar-refractivity contribution in [2.24, 2.45) is 0 Å². The van der Waals surface area contributed by atoms with Crippen molar-refractivity contribution < 1.29 is 9.90 Å². The number of nitrogens with zero attached hydrogens (tertiary/aromatic N) is 2. The molecule has 0 aromatic rings. The van der Waals surface area contributed by atoms with Crippen molar-refractivity contribution in [2.75, 3.05) is 26.7 Å². The normalized spacial score (nSPS) is 17.2. The van der Waals surface area contributed by atoms with Gasteiger partial charge in [-0.1, -0.05) is 6.08 Å². The van der Waals surface area contributed by atoms with E-state index in [1.165, 1.54) is 18.5 Å². The number of aliphatic hydroxyl groups is 1. The average Bonchev–Trinajstić information content (AvgIpc) is 2.38. The second-order valence-corrected chi connectivity index (χ2v) is 5.45. The molecular weight excluding hydrogens is 240 g/mol. The van der Waals surface area contributed by atoms with Gasteiger partial charge in [0, 0.05) is 18.8 Å². The summed E-state index contributed by atoms with van der Waals surface area (Å²) in [6.45, 7) is 5.73. The van der Waals surface area contributed by atoms with Crippen LogP contribution in [0.25, 0.3) is 0 Å². The fraction of sp³-hybridized carbons (Fsp3) is 0.800. The highest BCUT2D eigenvalue weighted by Gasteiger charge is 2.19. The van der Waals surface area contributed by atoms with Crippen molar-refractivity contribution in [3.05, 3.63) is 11.8 Å². The van der Waals surface area contributed by atoms with Gasteiger partial charge in [-0.3, -0.25) is 9.69 Å². The van der Waals surface area contributed by atoms with Crippen LogP contribution in [0.3, 0.4) is 0 Å². The van der Waals surface area contributed by atoms with E-state index in [1.807, 2.05) is 23.8 Å². The number of rotatable bonds is 7. The molecule has 110 valence electrons. The van der Waals surface area contributed by atoms with Crippen LogP contribution in [0.1, 0.15) is 46.0 Å². The molecule has 1 rings (SSSR count). The highest BCUT2D eigenvalue weighted by molar-refractivity contribution is 5.80. The van der Waals surface area contributed by atoms with E-state index >= 15 is 0 Å². The number of likely N-dealkylation sites (N-methyl/N-ethyl adjacent to an activating group) is 2. The second kappa shape index (κ2) is 8.33. The lowest BCUT2D eigenvalue weighted by Gasteiger charge is -2.28. The van der Waals surface area contributed by atoms with E-state index in [4.69, 9.17) is 0 Å². The number of hydrogen-bond donors (Lipinski definition) is 1. The molecule has 19 heavy (non-hydrogen) atoms. The summed E-state index contributed by atoms with van der Waals surface area (Å²) in [5.74, 6) is 0.170. The van der Waals surface area contributed by atoms with Crippen LogP contribution in [0.5, 0.6) is 0 Å². The van der Waals surface area contributed by atoms with Gasteiger partial charge in [-0.25, -0.2) is 0 Å². The van der Waals surface area contributed by atoms with E-state index in [2.05, 4.69) is 6.08 Å². The topological polar surface area (TPSA) is 43.8 Å². The Morgan fingerprint density at radius 1 is 1.47 bits per heavy atom. The monoisotopic (exact) mass is 268 g/mol. The second-order valence-electron chi connectivity index (χ2n) is 5.45. The smallest absolute Gasteiger partial charge is 0.240 e. The predicted molar refractivity (Wildman–Crippen MR) is 77.7 cm³/mol. The van der Waals surface area contributed by atoms with Gasteiger partial charge in [0.15, 0.2) is 0 Å². The number of aliphatic hydroxyl groups excluding tert-OH is 1. The van der Waals surface area contributed by atoms with Crippen molar-refractivity contribution in [3.8, 4) is 0 Å². The van der Waals surface area contributed by atoms with Crippen LogP contribution in [0.2, 0.25) is 0 Å². The molecule has 0 aromatic carbocycles. The molecule has 1 N–H and O–H groups in total. The van der Waals surface area contributed by atoms with E-state index < -0.39 is 0 Å². The Labute approximate surface area is 117 Å². The first-order valence-corrected chi connectivity index (χ1v) is 7.40. The lowest BCUT2D eigenvalue weighted by Crippen LogP contribution is -2.39. The number of carbonyl (C=O) groups is 1. The van der Waals surface area contributed by atoms with E-state index in [0.29, 0.717) is 13.0 Å². The zero-order chi connectivity index (χ0) is 14.3. The molecule has 1 aliphatic carbocycles. The lowest BCUT2D eigenvalue weighted by molar-refractivity contribution is -0.130. The van der Waals surface area contributed by atoms with Gasteiger partial charge < -0.3 is 10.0 Å². The van der Waals surface area contributed by atoms with Crippen LogP contribution in [-0.2, 0) is 4.79 Å². The zero-order valence-corrected chi connectivity index (χ0v) is 12.6. The molecule has 1 aliphatic rings. The minimum Gasteiger partial charge on any atom is -0.393 e. The molecule has 0 aliphatic heterocycles. The fourth-order valence-electron chi connectivity index (χ4n) is 2.41. The zero-order valence-electron chi connectivity index (χ0n) is 12.6. The predicted octanol–water partition coefficient (Wildman–Crippen LogP) is 2.00. The first kappa shape index (κ1) is 16.2. The number of allylic oxidation sites excluding steroid dienone is 2. The first-order valence-electron chi connectivity index (χ1n) is 7.40. The van der Waals surface area contributed by atoms with Crippen molar-refractivity contribution in [1.82, 2.24) is 9.80 Å². The molecule has 4 heteroatoms. The summed E-state index contributed by atoms with van der Waals surface area (Å²) in [5.41, 5.74) is 1.20. The number of hydrogen-bond acceptors (Lipinski definition) is 3. The number of carbonyl (C=O) groups excluding carboxylic acids is 1. The van der Waals surface area contributed by atoms with E-state index in [9.17, 15) is 9.90 Å². The van der Waals surface area contributed by atoms with Gasteiger partial charge in [0.1, 0.15) is 0 Å². The summed E-state index contributed by atoms with van der Waals surface area (Å²) in [4.78, 5) is 16.2. The Bertz CT molecular complexity index is 313. The molecule has 0 saturated carbocycles. The minimum atomic E-state index is -0.305. The summed E-state index contributed by atoms with van der Waals surface area (Å²) in [7, 11) is 1.93. The summed E-state index contributed by atoms with van der Waals surface area (Å²) < 4.78 is 0. The van der Waals surface area contributed by atoms with Crippen LogP contribution in [-0.4, -0.2) is 53.6 Å². The van der Waals surface area contributed by atoms with Gasteiger partial charge in [0.05, 0.1) is 12.6 Å². The third-order valence-corrected chi connectivity index (χ3v) is 3.56. The van der Waals surface area contributed by atoms with E-state index in [0.717, 1.165) is 25.9 Å². The molecule has 1 amide bonds. The quantitative estimate of drug-likeness (QED) is 0.768. The Hall–Kier alpha value is -0.870. The maximum Gasteiger partial charge on any atom is 0.240 e. The summed E-state index contributed by atoms with van der Waals surface area (Å²) in [5, 5.41) is 9.26. The highest BCUT2D eigenvalue weighted by Crippen LogP contribution is 2.20. The standard InChI is InChI=1S/C15H28N2O2/c1-4-17(14-8-6-5-7-9-14)15(19)12-16(3)11-10-13(2)18/h8,13,18H,4-7,9-12H2,1-3H3. The molecule has 0 spiro atoms. The fourth-order valence-corrected chi connectivity index (χ4v) is 2.41.